The smallest absolute Gasteiger partial charge is 0.410 e. The summed E-state index contributed by atoms with van der Waals surface area (Å²) in [5.41, 5.74) is 4.21. The second kappa shape index (κ2) is 19.5. The minimum Gasteiger partial charge on any atom is -0.481 e. The fourth-order valence-electron chi connectivity index (χ4n) is 6.48. The fourth-order valence-corrected chi connectivity index (χ4v) is 8.65. The van der Waals surface area contributed by atoms with E-state index in [4.69, 9.17) is 30.5 Å². The molecule has 1 aromatic carbocycles. The van der Waals surface area contributed by atoms with Crippen molar-refractivity contribution in [2.75, 3.05) is 38.7 Å². The Labute approximate surface area is 364 Å². The number of carbonyl (C=O) groups excluding carboxylic acids is 3. The van der Waals surface area contributed by atoms with E-state index in [2.05, 4.69) is 54.5 Å². The number of methoxy groups -OCH3 is 1. The SMILES string of the molecule is COc1nc(-c2ccnc(-c3cccc(NC(=O)c4ncc(CN(CCO[Si](C)(C)C(C)(C)C)C(=O)OC(C)(C)C)s4)c3C)c2Cl)ccc1CNC1CCN(C(C)=O)CC1. The van der Waals surface area contributed by atoms with Gasteiger partial charge in [-0.05, 0) is 82.4 Å². The molecule has 1 fully saturated rings. The predicted molar refractivity (Wildman–Crippen MR) is 241 cm³/mol. The second-order valence-electron chi connectivity index (χ2n) is 17.6. The third kappa shape index (κ3) is 11.9. The zero-order valence-corrected chi connectivity index (χ0v) is 39.4. The predicted octanol–water partition coefficient (Wildman–Crippen LogP) is 9.35. The van der Waals surface area contributed by atoms with Crippen LogP contribution in [0.1, 0.15) is 87.1 Å². The van der Waals surface area contributed by atoms with Gasteiger partial charge >= 0.3 is 6.09 Å². The number of ether oxygens (including phenoxy) is 2. The lowest BCUT2D eigenvalue weighted by molar-refractivity contribution is -0.129. The fraction of sp³-hybridized carbons (Fsp3) is 0.500. The van der Waals surface area contributed by atoms with Crippen molar-refractivity contribution in [2.45, 2.75) is 111 Å². The number of benzene rings is 1. The Morgan fingerprint density at radius 2 is 1.73 bits per heavy atom. The van der Waals surface area contributed by atoms with Gasteiger partial charge in [0.25, 0.3) is 5.91 Å². The highest BCUT2D eigenvalue weighted by Crippen LogP contribution is 2.39. The summed E-state index contributed by atoms with van der Waals surface area (Å²) in [6, 6.07) is 11.6. The lowest BCUT2D eigenvalue weighted by atomic mass is 10.0. The Kier molecular flexibility index (Phi) is 15.2. The van der Waals surface area contributed by atoms with Crippen molar-refractivity contribution in [1.82, 2.24) is 30.1 Å². The van der Waals surface area contributed by atoms with E-state index in [-0.39, 0.29) is 28.4 Å². The molecule has 0 unspecified atom stereocenters. The summed E-state index contributed by atoms with van der Waals surface area (Å²) in [6.07, 6.45) is 4.64. The van der Waals surface area contributed by atoms with Crippen LogP contribution in [-0.4, -0.2) is 96.0 Å². The summed E-state index contributed by atoms with van der Waals surface area (Å²) in [5, 5.41) is 7.31. The van der Waals surface area contributed by atoms with Crippen molar-refractivity contribution in [2.24, 2.45) is 0 Å². The molecule has 0 aliphatic carbocycles. The number of amides is 3. The monoisotopic (exact) mass is 877 g/mol. The topological polar surface area (TPSA) is 148 Å². The van der Waals surface area contributed by atoms with E-state index in [9.17, 15) is 14.4 Å². The number of pyridine rings is 2. The summed E-state index contributed by atoms with van der Waals surface area (Å²) in [7, 11) is -0.433. The van der Waals surface area contributed by atoms with Crippen molar-refractivity contribution in [3.05, 3.63) is 74.8 Å². The standard InChI is InChI=1S/C44H60ClN7O6SSi/c1-28-33(38-37(45)34(17-20-46-38)36-16-15-30(40(50-36)56-9)25-47-31-18-21-51(22-19-31)29(2)53)13-12-14-35(28)49-39(54)41-48-26-32(59-41)27-52(42(55)58-43(3,4)5)23-24-57-60(10,11)44(6,7)8/h12-17,20,26,31,47H,18-19,21-25,27H2,1-11H3,(H,49,54). The molecule has 5 rings (SSSR count). The Balaban J connectivity index is 1.28. The number of thiazole rings is 1. The minimum atomic E-state index is -2.03. The van der Waals surface area contributed by atoms with Crippen LogP contribution in [0.25, 0.3) is 22.5 Å². The number of halogens is 1. The summed E-state index contributed by atoms with van der Waals surface area (Å²) in [5.74, 6) is 0.233. The number of hydrogen-bond donors (Lipinski definition) is 2. The first-order valence-corrected chi connectivity index (χ1v) is 24.4. The van der Waals surface area contributed by atoms with Gasteiger partial charge in [-0.25, -0.2) is 14.8 Å². The molecule has 4 aromatic rings. The molecule has 1 saturated heterocycles. The van der Waals surface area contributed by atoms with Gasteiger partial charge in [0.05, 0.1) is 36.7 Å². The van der Waals surface area contributed by atoms with Gasteiger partial charge in [-0.1, -0.05) is 50.6 Å². The van der Waals surface area contributed by atoms with E-state index in [1.807, 2.05) is 69.0 Å². The molecule has 16 heteroatoms. The molecule has 0 spiro atoms. The Morgan fingerprint density at radius 1 is 1.02 bits per heavy atom. The maximum Gasteiger partial charge on any atom is 0.410 e. The number of rotatable bonds is 14. The third-order valence-electron chi connectivity index (χ3n) is 11.0. The van der Waals surface area contributed by atoms with E-state index in [0.717, 1.165) is 47.5 Å². The molecule has 0 atom stereocenters. The summed E-state index contributed by atoms with van der Waals surface area (Å²) < 4.78 is 17.8. The maximum atomic E-state index is 13.6. The van der Waals surface area contributed by atoms with Crippen LogP contribution in [0.2, 0.25) is 23.2 Å². The molecule has 3 aromatic heterocycles. The zero-order valence-electron chi connectivity index (χ0n) is 36.8. The molecule has 0 bridgehead atoms. The second-order valence-corrected chi connectivity index (χ2v) is 23.9. The number of aromatic nitrogens is 3. The molecular formula is C44H60ClN7O6SSi. The minimum absolute atomic E-state index is 0.0321. The van der Waals surface area contributed by atoms with Gasteiger partial charge in [-0.3, -0.25) is 14.6 Å². The Morgan fingerprint density at radius 3 is 2.38 bits per heavy atom. The van der Waals surface area contributed by atoms with E-state index in [0.29, 0.717) is 59.3 Å². The highest BCUT2D eigenvalue weighted by molar-refractivity contribution is 7.13. The molecular weight excluding hydrogens is 818 g/mol. The van der Waals surface area contributed by atoms with E-state index >= 15 is 0 Å². The maximum absolute atomic E-state index is 13.6. The number of nitrogens with one attached hydrogen (secondary N) is 2. The summed E-state index contributed by atoms with van der Waals surface area (Å²) in [4.78, 5) is 56.7. The first-order valence-electron chi connectivity index (χ1n) is 20.3. The normalized spacial score (nSPS) is 13.9. The van der Waals surface area contributed by atoms with Crippen LogP contribution in [0.5, 0.6) is 5.88 Å². The van der Waals surface area contributed by atoms with E-state index < -0.39 is 20.0 Å². The van der Waals surface area contributed by atoms with Gasteiger partial charge in [0.2, 0.25) is 11.8 Å². The van der Waals surface area contributed by atoms with Gasteiger partial charge in [0.15, 0.2) is 13.3 Å². The van der Waals surface area contributed by atoms with Gasteiger partial charge < -0.3 is 34.3 Å². The molecule has 0 radical (unpaired) electrons. The van der Waals surface area contributed by atoms with E-state index in [1.54, 1.807) is 31.3 Å². The average molecular weight is 879 g/mol. The summed E-state index contributed by atoms with van der Waals surface area (Å²) in [6.45, 7) is 22.9. The largest absolute Gasteiger partial charge is 0.481 e. The van der Waals surface area contributed by atoms with Crippen LogP contribution in [0.3, 0.4) is 0 Å². The molecule has 1 aliphatic heterocycles. The molecule has 2 N–H and O–H groups in total. The lowest BCUT2D eigenvalue weighted by Crippen LogP contribution is -2.44. The van der Waals surface area contributed by atoms with Crippen LogP contribution in [0.4, 0.5) is 10.5 Å². The van der Waals surface area contributed by atoms with Crippen molar-refractivity contribution in [1.29, 1.82) is 0 Å². The molecule has 4 heterocycles. The highest BCUT2D eigenvalue weighted by atomic mass is 35.5. The first kappa shape index (κ1) is 46.6. The number of anilines is 1. The van der Waals surface area contributed by atoms with Crippen LogP contribution in [0, 0.1) is 6.92 Å². The zero-order chi connectivity index (χ0) is 44.0. The van der Waals surface area contributed by atoms with Crippen molar-refractivity contribution in [3.63, 3.8) is 0 Å². The van der Waals surface area contributed by atoms with Crippen molar-refractivity contribution >= 4 is 54.9 Å². The van der Waals surface area contributed by atoms with Gasteiger partial charge in [0.1, 0.15) is 5.60 Å². The summed E-state index contributed by atoms with van der Waals surface area (Å²) >= 11 is 8.31. The third-order valence-corrected chi connectivity index (χ3v) is 16.9. The Bertz CT molecular complexity index is 2160. The number of hydrogen-bond acceptors (Lipinski definition) is 11. The number of nitrogens with zero attached hydrogens (tertiary/aromatic N) is 5. The molecule has 1 aliphatic rings. The van der Waals surface area contributed by atoms with Crippen LogP contribution >= 0.6 is 22.9 Å². The van der Waals surface area contributed by atoms with Gasteiger partial charge in [-0.15, -0.1) is 11.3 Å². The number of piperidine rings is 1. The average Bonchev–Trinajstić information content (AvgIpc) is 3.65. The van der Waals surface area contributed by atoms with E-state index in [1.165, 1.54) is 11.3 Å². The number of likely N-dealkylation sites (tertiary alicyclic amines) is 1. The molecule has 3 amide bonds. The van der Waals surface area contributed by atoms with Crippen molar-refractivity contribution < 1.29 is 28.3 Å². The van der Waals surface area contributed by atoms with Crippen molar-refractivity contribution in [3.8, 4) is 28.4 Å². The lowest BCUT2D eigenvalue weighted by Gasteiger charge is -2.37. The van der Waals surface area contributed by atoms with Crippen LogP contribution in [-0.2, 0) is 27.0 Å². The molecule has 0 saturated carbocycles. The Hall–Kier alpha value is -4.41. The van der Waals surface area contributed by atoms with Gasteiger partial charge in [0, 0.05) is 78.8 Å². The van der Waals surface area contributed by atoms with Crippen LogP contribution < -0.4 is 15.4 Å². The van der Waals surface area contributed by atoms with Gasteiger partial charge in [-0.2, -0.15) is 0 Å². The molecule has 13 nitrogen and oxygen atoms in total. The number of carbonyl (C=O) groups is 3. The quantitative estimate of drug-likeness (QED) is 0.117. The molecule has 324 valence electrons. The highest BCUT2D eigenvalue weighted by Gasteiger charge is 2.37. The molecule has 60 heavy (non-hydrogen) atoms. The van der Waals surface area contributed by atoms with Crippen LogP contribution in [0.15, 0.2) is 48.8 Å². The first-order chi connectivity index (χ1) is 28.2.